The Morgan fingerprint density at radius 1 is 1.07 bits per heavy atom. The van der Waals surface area contributed by atoms with E-state index in [-0.39, 0.29) is 24.3 Å². The summed E-state index contributed by atoms with van der Waals surface area (Å²) < 4.78 is 2.00. The van der Waals surface area contributed by atoms with E-state index in [1.807, 2.05) is 80.1 Å². The number of hydrogen-bond acceptors (Lipinski definition) is 3. The van der Waals surface area contributed by atoms with Crippen molar-refractivity contribution in [3.8, 4) is 0 Å². The van der Waals surface area contributed by atoms with Gasteiger partial charge in [0.2, 0.25) is 11.8 Å². The minimum atomic E-state index is -0.0210. The summed E-state index contributed by atoms with van der Waals surface area (Å²) >= 11 is 0. The van der Waals surface area contributed by atoms with E-state index in [0.717, 1.165) is 28.8 Å². The fourth-order valence-corrected chi connectivity index (χ4v) is 3.36. The summed E-state index contributed by atoms with van der Waals surface area (Å²) in [4.78, 5) is 31.2. The van der Waals surface area contributed by atoms with Gasteiger partial charge in [0, 0.05) is 32.5 Å². The van der Waals surface area contributed by atoms with Crippen LogP contribution in [0.2, 0.25) is 0 Å². The van der Waals surface area contributed by atoms with Crippen molar-refractivity contribution in [2.45, 2.75) is 39.8 Å². The summed E-state index contributed by atoms with van der Waals surface area (Å²) in [5.74, 6) is 0.946. The van der Waals surface area contributed by atoms with Gasteiger partial charge in [0.25, 0.3) is 0 Å². The number of fused-ring (bicyclic) bond motifs is 1. The minimum absolute atomic E-state index is 0.0210. The third-order valence-electron chi connectivity index (χ3n) is 5.12. The highest BCUT2D eigenvalue weighted by Gasteiger charge is 2.16. The van der Waals surface area contributed by atoms with Crippen LogP contribution in [0.4, 0.5) is 0 Å². The number of nitrogens with one attached hydrogen (secondary N) is 1. The number of likely N-dealkylation sites (N-methyl/N-ethyl adjacent to an activating group) is 1. The quantitative estimate of drug-likeness (QED) is 0.554. The number of para-hydroxylation sites is 2. The number of aromatic nitrogens is 2. The third-order valence-corrected chi connectivity index (χ3v) is 5.12. The number of hydrogen-bond donors (Lipinski definition) is 1. The predicted molar refractivity (Wildman–Crippen MR) is 119 cm³/mol. The lowest BCUT2D eigenvalue weighted by molar-refractivity contribution is -0.131. The van der Waals surface area contributed by atoms with Crippen LogP contribution in [-0.2, 0) is 29.1 Å². The molecule has 6 nitrogen and oxygen atoms in total. The van der Waals surface area contributed by atoms with Gasteiger partial charge in [-0.25, -0.2) is 4.98 Å². The molecule has 0 spiro atoms. The number of nitrogens with zero attached hydrogens (tertiary/aromatic N) is 3. The van der Waals surface area contributed by atoms with Crippen LogP contribution in [-0.4, -0.2) is 39.9 Å². The molecule has 0 radical (unpaired) electrons. The molecule has 0 bridgehead atoms. The van der Waals surface area contributed by atoms with E-state index in [9.17, 15) is 9.59 Å². The molecule has 0 fully saturated rings. The van der Waals surface area contributed by atoms with E-state index in [1.165, 1.54) is 0 Å². The fraction of sp³-hybridized carbons (Fsp3) is 0.375. The van der Waals surface area contributed by atoms with Gasteiger partial charge in [0.15, 0.2) is 0 Å². The molecule has 30 heavy (non-hydrogen) atoms. The zero-order chi connectivity index (χ0) is 21.5. The zero-order valence-electron chi connectivity index (χ0n) is 18.0. The Morgan fingerprint density at radius 2 is 1.77 bits per heavy atom. The molecule has 0 aliphatic carbocycles. The van der Waals surface area contributed by atoms with Gasteiger partial charge >= 0.3 is 0 Å². The second kappa shape index (κ2) is 10.1. The maximum atomic E-state index is 12.9. The van der Waals surface area contributed by atoms with E-state index >= 15 is 0 Å². The molecule has 0 aliphatic heterocycles. The largest absolute Gasteiger partial charge is 0.356 e. The molecule has 0 saturated carbocycles. The second-order valence-corrected chi connectivity index (χ2v) is 7.89. The summed E-state index contributed by atoms with van der Waals surface area (Å²) in [5, 5.41) is 2.94. The van der Waals surface area contributed by atoms with Gasteiger partial charge in [-0.2, -0.15) is 0 Å². The summed E-state index contributed by atoms with van der Waals surface area (Å²) in [6, 6.07) is 17.9. The van der Waals surface area contributed by atoms with Crippen LogP contribution in [0.25, 0.3) is 11.0 Å². The van der Waals surface area contributed by atoms with Gasteiger partial charge < -0.3 is 14.8 Å². The van der Waals surface area contributed by atoms with Crippen molar-refractivity contribution in [3.05, 3.63) is 66.0 Å². The van der Waals surface area contributed by atoms with Crippen molar-refractivity contribution in [1.82, 2.24) is 19.8 Å². The van der Waals surface area contributed by atoms with E-state index in [0.29, 0.717) is 19.5 Å². The van der Waals surface area contributed by atoms with Gasteiger partial charge in [-0.3, -0.25) is 9.59 Å². The number of amides is 2. The van der Waals surface area contributed by atoms with Crippen molar-refractivity contribution < 1.29 is 9.59 Å². The molecule has 2 amide bonds. The molecule has 0 saturated heterocycles. The van der Waals surface area contributed by atoms with Gasteiger partial charge in [0.05, 0.1) is 11.0 Å². The smallest absolute Gasteiger partial charge is 0.242 e. The van der Waals surface area contributed by atoms with Crippen LogP contribution in [0.3, 0.4) is 0 Å². The van der Waals surface area contributed by atoms with E-state index in [2.05, 4.69) is 5.32 Å². The molecule has 2 aromatic carbocycles. The van der Waals surface area contributed by atoms with Crippen LogP contribution >= 0.6 is 0 Å². The van der Waals surface area contributed by atoms with Crippen molar-refractivity contribution in [2.75, 3.05) is 13.6 Å². The molecule has 1 N–H and O–H groups in total. The number of rotatable bonds is 9. The highest BCUT2D eigenvalue weighted by Crippen LogP contribution is 2.18. The SMILES string of the molecule is CC(C)C(=O)NCCCc1nc2ccccc2n1CC(=O)N(C)Cc1ccccc1. The average molecular weight is 407 g/mol. The van der Waals surface area contributed by atoms with E-state index < -0.39 is 0 Å². The molecule has 3 aromatic rings. The molecule has 0 atom stereocenters. The van der Waals surface area contributed by atoms with E-state index in [4.69, 9.17) is 4.98 Å². The number of imidazole rings is 1. The monoisotopic (exact) mass is 406 g/mol. The van der Waals surface area contributed by atoms with Gasteiger partial charge in [-0.05, 0) is 24.1 Å². The summed E-state index contributed by atoms with van der Waals surface area (Å²) in [6.45, 7) is 5.18. The Morgan fingerprint density at radius 3 is 2.50 bits per heavy atom. The van der Waals surface area contributed by atoms with Crippen LogP contribution in [0.5, 0.6) is 0 Å². The first-order chi connectivity index (χ1) is 14.5. The van der Waals surface area contributed by atoms with Crippen LogP contribution in [0.1, 0.15) is 31.7 Å². The Labute approximate surface area is 177 Å². The van der Waals surface area contributed by atoms with Crippen molar-refractivity contribution in [2.24, 2.45) is 5.92 Å². The summed E-state index contributed by atoms with van der Waals surface area (Å²) in [7, 11) is 1.83. The normalized spacial score (nSPS) is 11.1. The first-order valence-electron chi connectivity index (χ1n) is 10.5. The number of carbonyl (C=O) groups is 2. The summed E-state index contributed by atoms with van der Waals surface area (Å²) in [5.41, 5.74) is 2.95. The van der Waals surface area contributed by atoms with Crippen LogP contribution in [0, 0.1) is 5.92 Å². The molecule has 1 aromatic heterocycles. The van der Waals surface area contributed by atoms with Gasteiger partial charge in [0.1, 0.15) is 12.4 Å². The Balaban J connectivity index is 1.69. The zero-order valence-corrected chi connectivity index (χ0v) is 18.0. The fourth-order valence-electron chi connectivity index (χ4n) is 3.36. The first-order valence-corrected chi connectivity index (χ1v) is 10.5. The van der Waals surface area contributed by atoms with Crippen molar-refractivity contribution in [1.29, 1.82) is 0 Å². The Hall–Kier alpha value is -3.15. The average Bonchev–Trinajstić information content (AvgIpc) is 3.09. The number of benzene rings is 2. The molecule has 0 aliphatic rings. The first kappa shape index (κ1) is 21.6. The summed E-state index contributed by atoms with van der Waals surface area (Å²) in [6.07, 6.45) is 1.47. The van der Waals surface area contributed by atoms with Gasteiger partial charge in [-0.1, -0.05) is 56.3 Å². The molecule has 158 valence electrons. The molecular formula is C24H30N4O2. The lowest BCUT2D eigenvalue weighted by atomic mass is 10.2. The maximum Gasteiger partial charge on any atom is 0.242 e. The number of carbonyl (C=O) groups excluding carboxylic acids is 2. The topological polar surface area (TPSA) is 67.2 Å². The molecule has 3 rings (SSSR count). The van der Waals surface area contributed by atoms with E-state index in [1.54, 1.807) is 4.90 Å². The Kier molecular flexibility index (Phi) is 7.22. The standard InChI is InChI=1S/C24H30N4O2/c1-18(2)24(30)25-15-9-14-22-26-20-12-7-8-13-21(20)28(22)17-23(29)27(3)16-19-10-5-4-6-11-19/h4-8,10-13,18H,9,14-17H2,1-3H3,(H,25,30). The lowest BCUT2D eigenvalue weighted by Crippen LogP contribution is -2.30. The van der Waals surface area contributed by atoms with Crippen molar-refractivity contribution in [3.63, 3.8) is 0 Å². The second-order valence-electron chi connectivity index (χ2n) is 7.89. The Bertz CT molecular complexity index is 995. The van der Waals surface area contributed by atoms with Gasteiger partial charge in [-0.15, -0.1) is 0 Å². The molecule has 6 heteroatoms. The maximum absolute atomic E-state index is 12.9. The minimum Gasteiger partial charge on any atom is -0.356 e. The lowest BCUT2D eigenvalue weighted by Gasteiger charge is -2.19. The van der Waals surface area contributed by atoms with Crippen molar-refractivity contribution >= 4 is 22.8 Å². The third kappa shape index (κ3) is 5.47. The molecule has 1 heterocycles. The van der Waals surface area contributed by atoms with Crippen LogP contribution in [0.15, 0.2) is 54.6 Å². The predicted octanol–water partition coefficient (Wildman–Crippen LogP) is 3.40. The highest BCUT2D eigenvalue weighted by molar-refractivity contribution is 5.81. The highest BCUT2D eigenvalue weighted by atomic mass is 16.2. The van der Waals surface area contributed by atoms with Crippen LogP contribution < -0.4 is 5.32 Å². The number of aryl methyl sites for hydroxylation is 1. The molecule has 0 unspecified atom stereocenters. The molecular weight excluding hydrogens is 376 g/mol.